The fourth-order valence-corrected chi connectivity index (χ4v) is 2.11. The van der Waals surface area contributed by atoms with Crippen molar-refractivity contribution in [2.75, 3.05) is 6.61 Å². The Kier molecular flexibility index (Phi) is 3.97. The van der Waals surface area contributed by atoms with Crippen molar-refractivity contribution in [2.24, 2.45) is 0 Å². The third-order valence-electron chi connectivity index (χ3n) is 2.81. The number of hydrogen-bond donors (Lipinski definition) is 0. The van der Waals surface area contributed by atoms with Gasteiger partial charge in [0.1, 0.15) is 6.33 Å². The molecule has 84 valence electrons. The molecule has 0 spiro atoms. The first kappa shape index (κ1) is 10.9. The van der Waals surface area contributed by atoms with E-state index in [2.05, 4.69) is 10.2 Å². The lowest BCUT2D eigenvalue weighted by Crippen LogP contribution is -2.19. The van der Waals surface area contributed by atoms with Crippen LogP contribution in [0.25, 0.3) is 0 Å². The van der Waals surface area contributed by atoms with Crippen LogP contribution in [0.5, 0.6) is 0 Å². The highest BCUT2D eigenvalue weighted by atomic mass is 35.5. The summed E-state index contributed by atoms with van der Waals surface area (Å²) in [6.45, 7) is 1.44. The van der Waals surface area contributed by atoms with E-state index in [0.29, 0.717) is 18.0 Å². The van der Waals surface area contributed by atoms with Crippen LogP contribution in [0.3, 0.4) is 0 Å². The van der Waals surface area contributed by atoms with Crippen molar-refractivity contribution >= 4 is 11.6 Å². The summed E-state index contributed by atoms with van der Waals surface area (Å²) in [7, 11) is 0. The van der Waals surface area contributed by atoms with Gasteiger partial charge in [-0.15, -0.1) is 10.2 Å². The molecule has 0 aliphatic heterocycles. The SMILES string of the molecule is Clc1nncn1CCOC1CCCCC1. The van der Waals surface area contributed by atoms with Gasteiger partial charge in [0.25, 0.3) is 0 Å². The van der Waals surface area contributed by atoms with Crippen LogP contribution in [0.15, 0.2) is 6.33 Å². The summed E-state index contributed by atoms with van der Waals surface area (Å²) in [5, 5.41) is 7.85. The number of halogens is 1. The van der Waals surface area contributed by atoms with E-state index < -0.39 is 0 Å². The highest BCUT2D eigenvalue weighted by molar-refractivity contribution is 6.28. The largest absolute Gasteiger partial charge is 0.376 e. The molecule has 1 fully saturated rings. The van der Waals surface area contributed by atoms with Crippen LogP contribution in [0, 0.1) is 0 Å². The molecule has 1 saturated carbocycles. The third-order valence-corrected chi connectivity index (χ3v) is 3.10. The highest BCUT2D eigenvalue weighted by Gasteiger charge is 2.13. The maximum absolute atomic E-state index is 5.80. The van der Waals surface area contributed by atoms with Gasteiger partial charge in [0.05, 0.1) is 12.7 Å². The lowest BCUT2D eigenvalue weighted by atomic mass is 9.98. The van der Waals surface area contributed by atoms with Gasteiger partial charge in [0, 0.05) is 6.54 Å². The molecule has 0 unspecified atom stereocenters. The molecule has 2 rings (SSSR count). The van der Waals surface area contributed by atoms with Crippen molar-refractivity contribution in [1.82, 2.24) is 14.8 Å². The summed E-state index contributed by atoms with van der Waals surface area (Å²) in [6, 6.07) is 0. The van der Waals surface area contributed by atoms with Gasteiger partial charge in [-0.25, -0.2) is 0 Å². The first-order valence-electron chi connectivity index (χ1n) is 5.51. The molecule has 5 heteroatoms. The first-order chi connectivity index (χ1) is 7.36. The van der Waals surface area contributed by atoms with Gasteiger partial charge >= 0.3 is 0 Å². The fraction of sp³-hybridized carbons (Fsp3) is 0.800. The van der Waals surface area contributed by atoms with Gasteiger partial charge in [-0.1, -0.05) is 19.3 Å². The Bertz CT molecular complexity index is 297. The molecular weight excluding hydrogens is 214 g/mol. The molecule has 0 saturated heterocycles. The van der Waals surface area contributed by atoms with E-state index in [1.807, 2.05) is 0 Å². The fourth-order valence-electron chi connectivity index (χ4n) is 1.94. The number of ether oxygens (including phenoxy) is 1. The van der Waals surface area contributed by atoms with Crippen molar-refractivity contribution in [3.8, 4) is 0 Å². The standard InChI is InChI=1S/C10H16ClN3O/c11-10-13-12-8-14(10)6-7-15-9-4-2-1-3-5-9/h8-9H,1-7H2. The lowest BCUT2D eigenvalue weighted by molar-refractivity contribution is 0.0241. The second kappa shape index (κ2) is 5.47. The van der Waals surface area contributed by atoms with E-state index in [9.17, 15) is 0 Å². The molecule has 0 bridgehead atoms. The second-order valence-electron chi connectivity index (χ2n) is 3.92. The molecule has 1 aromatic heterocycles. The molecule has 0 radical (unpaired) electrons. The predicted octanol–water partition coefficient (Wildman–Crippen LogP) is 2.28. The maximum atomic E-state index is 5.80. The molecule has 1 heterocycles. The van der Waals surface area contributed by atoms with Crippen LogP contribution >= 0.6 is 11.6 Å². The Labute approximate surface area is 94.6 Å². The van der Waals surface area contributed by atoms with Crippen LogP contribution in [-0.2, 0) is 11.3 Å². The normalized spacial score (nSPS) is 18.2. The molecule has 0 N–H and O–H groups in total. The monoisotopic (exact) mass is 229 g/mol. The van der Waals surface area contributed by atoms with Crippen LogP contribution in [0.4, 0.5) is 0 Å². The van der Waals surface area contributed by atoms with E-state index in [-0.39, 0.29) is 0 Å². The Morgan fingerprint density at radius 1 is 1.40 bits per heavy atom. The maximum Gasteiger partial charge on any atom is 0.224 e. The van der Waals surface area contributed by atoms with E-state index >= 15 is 0 Å². The Balaban J connectivity index is 1.68. The quantitative estimate of drug-likeness (QED) is 0.795. The van der Waals surface area contributed by atoms with Crippen LogP contribution in [0.1, 0.15) is 32.1 Å². The van der Waals surface area contributed by atoms with Gasteiger partial charge in [-0.3, -0.25) is 0 Å². The smallest absolute Gasteiger partial charge is 0.224 e. The van der Waals surface area contributed by atoms with Gasteiger partial charge < -0.3 is 9.30 Å². The number of rotatable bonds is 4. The van der Waals surface area contributed by atoms with Gasteiger partial charge in [0.15, 0.2) is 0 Å². The van der Waals surface area contributed by atoms with Crippen molar-refractivity contribution < 1.29 is 4.74 Å². The summed E-state index contributed by atoms with van der Waals surface area (Å²) in [6.07, 6.45) is 8.46. The zero-order valence-corrected chi connectivity index (χ0v) is 9.49. The van der Waals surface area contributed by atoms with Crippen molar-refractivity contribution in [1.29, 1.82) is 0 Å². The van der Waals surface area contributed by atoms with Crippen molar-refractivity contribution in [3.05, 3.63) is 11.6 Å². The highest BCUT2D eigenvalue weighted by Crippen LogP contribution is 2.20. The Morgan fingerprint density at radius 3 is 2.87 bits per heavy atom. The molecule has 4 nitrogen and oxygen atoms in total. The Hall–Kier alpha value is -0.610. The molecule has 1 aromatic rings. The minimum atomic E-state index is 0.433. The minimum Gasteiger partial charge on any atom is -0.376 e. The number of nitrogens with zero attached hydrogens (tertiary/aromatic N) is 3. The Morgan fingerprint density at radius 2 is 2.20 bits per heavy atom. The third kappa shape index (κ3) is 3.18. The van der Waals surface area contributed by atoms with Crippen molar-refractivity contribution in [3.63, 3.8) is 0 Å². The molecule has 0 atom stereocenters. The summed E-state index contributed by atoms with van der Waals surface area (Å²) >= 11 is 5.80. The topological polar surface area (TPSA) is 39.9 Å². The van der Waals surface area contributed by atoms with E-state index in [4.69, 9.17) is 16.3 Å². The predicted molar refractivity (Wildman–Crippen MR) is 57.9 cm³/mol. The average Bonchev–Trinajstić information content (AvgIpc) is 2.66. The van der Waals surface area contributed by atoms with Gasteiger partial charge in [-0.2, -0.15) is 0 Å². The number of hydrogen-bond acceptors (Lipinski definition) is 3. The van der Waals surface area contributed by atoms with Gasteiger partial charge in [-0.05, 0) is 24.4 Å². The van der Waals surface area contributed by atoms with E-state index in [1.165, 1.54) is 32.1 Å². The molecule has 1 aliphatic carbocycles. The average molecular weight is 230 g/mol. The van der Waals surface area contributed by atoms with E-state index in [0.717, 1.165) is 6.54 Å². The number of aromatic nitrogens is 3. The zero-order chi connectivity index (χ0) is 10.5. The second-order valence-corrected chi connectivity index (χ2v) is 4.26. The molecule has 0 amide bonds. The summed E-state index contributed by atoms with van der Waals surface area (Å²) in [4.78, 5) is 0. The van der Waals surface area contributed by atoms with Crippen LogP contribution in [-0.4, -0.2) is 27.5 Å². The first-order valence-corrected chi connectivity index (χ1v) is 5.89. The molecule has 0 aromatic carbocycles. The minimum absolute atomic E-state index is 0.433. The van der Waals surface area contributed by atoms with Gasteiger partial charge in [0.2, 0.25) is 5.28 Å². The van der Waals surface area contributed by atoms with Crippen LogP contribution in [0.2, 0.25) is 5.28 Å². The van der Waals surface area contributed by atoms with E-state index in [1.54, 1.807) is 10.9 Å². The molecule has 1 aliphatic rings. The zero-order valence-electron chi connectivity index (χ0n) is 8.73. The lowest BCUT2D eigenvalue weighted by Gasteiger charge is -2.21. The molecule has 15 heavy (non-hydrogen) atoms. The summed E-state index contributed by atoms with van der Waals surface area (Å²) in [5.74, 6) is 0. The summed E-state index contributed by atoms with van der Waals surface area (Å²) < 4.78 is 7.57. The molecular formula is C10H16ClN3O. The van der Waals surface area contributed by atoms with Crippen molar-refractivity contribution in [2.45, 2.75) is 44.8 Å². The summed E-state index contributed by atoms with van der Waals surface area (Å²) in [5.41, 5.74) is 0. The van der Waals surface area contributed by atoms with Crippen LogP contribution < -0.4 is 0 Å².